The maximum Gasteiger partial charge on any atom is 0.322 e. The topological polar surface area (TPSA) is 52.6 Å². The second kappa shape index (κ2) is 6.91. The van der Waals surface area contributed by atoms with E-state index in [-0.39, 0.29) is 12.6 Å². The van der Waals surface area contributed by atoms with E-state index in [9.17, 15) is 4.79 Å². The second-order valence-corrected chi connectivity index (χ2v) is 5.62. The highest BCUT2D eigenvalue weighted by Gasteiger charge is 2.32. The van der Waals surface area contributed by atoms with Crippen molar-refractivity contribution < 1.29 is 9.90 Å². The number of urea groups is 1. The van der Waals surface area contributed by atoms with Gasteiger partial charge >= 0.3 is 6.03 Å². The number of hydrogen-bond donors (Lipinski definition) is 2. The molecule has 0 atom stereocenters. The Balaban J connectivity index is 1.94. The molecule has 5 heteroatoms. The van der Waals surface area contributed by atoms with E-state index in [2.05, 4.69) is 21.2 Å². The van der Waals surface area contributed by atoms with Gasteiger partial charge in [-0.25, -0.2) is 4.79 Å². The number of unbranched alkanes of at least 4 members (excludes halogenated alkanes) is 1. The van der Waals surface area contributed by atoms with Gasteiger partial charge in [-0.1, -0.05) is 12.1 Å². The molecule has 0 saturated heterocycles. The normalized spacial score (nSPS) is 14.2. The number of nitrogens with one attached hydrogen (secondary N) is 1. The van der Waals surface area contributed by atoms with Crippen LogP contribution < -0.4 is 5.32 Å². The second-order valence-electron chi connectivity index (χ2n) is 4.77. The Morgan fingerprint density at radius 3 is 2.74 bits per heavy atom. The molecule has 19 heavy (non-hydrogen) atoms. The molecular weight excluding hydrogens is 308 g/mol. The van der Waals surface area contributed by atoms with Gasteiger partial charge in [-0.2, -0.15) is 0 Å². The number of benzene rings is 1. The van der Waals surface area contributed by atoms with Gasteiger partial charge in [0.15, 0.2) is 0 Å². The minimum Gasteiger partial charge on any atom is -0.396 e. The van der Waals surface area contributed by atoms with E-state index in [1.807, 2.05) is 29.2 Å². The number of carbonyl (C=O) groups is 1. The number of carbonyl (C=O) groups excluding carboxylic acids is 1. The minimum absolute atomic E-state index is 0.0488. The molecule has 1 aliphatic carbocycles. The molecule has 1 aromatic carbocycles. The molecule has 2 rings (SSSR count). The van der Waals surface area contributed by atoms with E-state index in [0.717, 1.165) is 35.8 Å². The average molecular weight is 327 g/mol. The van der Waals surface area contributed by atoms with Crippen molar-refractivity contribution in [3.8, 4) is 0 Å². The summed E-state index contributed by atoms with van der Waals surface area (Å²) in [5.74, 6) is 0. The van der Waals surface area contributed by atoms with Crippen LogP contribution in [0.25, 0.3) is 0 Å². The number of anilines is 1. The zero-order chi connectivity index (χ0) is 13.7. The summed E-state index contributed by atoms with van der Waals surface area (Å²) in [4.78, 5) is 14.2. The molecule has 0 unspecified atom stereocenters. The lowest BCUT2D eigenvalue weighted by Gasteiger charge is -2.23. The SMILES string of the molecule is O=C(Nc1ccccc1Br)N(CCCCO)C1CC1. The third-order valence-corrected chi connectivity index (χ3v) is 3.86. The Bertz CT molecular complexity index is 435. The summed E-state index contributed by atoms with van der Waals surface area (Å²) >= 11 is 3.42. The molecule has 2 N–H and O–H groups in total. The van der Waals surface area contributed by atoms with Gasteiger partial charge in [-0.15, -0.1) is 0 Å². The van der Waals surface area contributed by atoms with E-state index >= 15 is 0 Å². The van der Waals surface area contributed by atoms with E-state index in [0.29, 0.717) is 12.6 Å². The molecule has 1 aromatic rings. The molecule has 0 bridgehead atoms. The van der Waals surface area contributed by atoms with Crippen molar-refractivity contribution in [3.05, 3.63) is 28.7 Å². The summed E-state index contributed by atoms with van der Waals surface area (Å²) in [5.41, 5.74) is 0.792. The predicted molar refractivity (Wildman–Crippen MR) is 79.2 cm³/mol. The summed E-state index contributed by atoms with van der Waals surface area (Å²) in [5, 5.41) is 11.8. The fraction of sp³-hybridized carbons (Fsp3) is 0.500. The van der Waals surface area contributed by atoms with Gasteiger partial charge in [-0.3, -0.25) is 0 Å². The minimum atomic E-state index is -0.0488. The molecule has 0 aromatic heterocycles. The van der Waals surface area contributed by atoms with Crippen molar-refractivity contribution in [2.45, 2.75) is 31.7 Å². The van der Waals surface area contributed by atoms with Crippen molar-refractivity contribution in [1.29, 1.82) is 0 Å². The van der Waals surface area contributed by atoms with E-state index < -0.39 is 0 Å². The van der Waals surface area contributed by atoms with E-state index in [1.165, 1.54) is 0 Å². The van der Waals surface area contributed by atoms with Crippen molar-refractivity contribution in [1.82, 2.24) is 4.90 Å². The monoisotopic (exact) mass is 326 g/mol. The highest BCUT2D eigenvalue weighted by Crippen LogP contribution is 2.29. The van der Waals surface area contributed by atoms with Gasteiger partial charge in [-0.05, 0) is 53.7 Å². The fourth-order valence-electron chi connectivity index (χ4n) is 1.98. The van der Waals surface area contributed by atoms with Crippen LogP contribution in [0.15, 0.2) is 28.7 Å². The van der Waals surface area contributed by atoms with Crippen LogP contribution in [0.3, 0.4) is 0 Å². The van der Waals surface area contributed by atoms with Crippen LogP contribution in [0.2, 0.25) is 0 Å². The maximum atomic E-state index is 12.3. The number of nitrogens with zero attached hydrogens (tertiary/aromatic N) is 1. The van der Waals surface area contributed by atoms with Gasteiger partial charge in [0.1, 0.15) is 0 Å². The van der Waals surface area contributed by atoms with Gasteiger partial charge < -0.3 is 15.3 Å². The smallest absolute Gasteiger partial charge is 0.322 e. The zero-order valence-electron chi connectivity index (χ0n) is 10.8. The number of para-hydroxylation sites is 1. The predicted octanol–water partition coefficient (Wildman–Crippen LogP) is 3.22. The maximum absolute atomic E-state index is 12.3. The molecule has 1 aliphatic rings. The number of rotatable bonds is 6. The zero-order valence-corrected chi connectivity index (χ0v) is 12.4. The standard InChI is InChI=1S/C14H19BrN2O2/c15-12-5-1-2-6-13(12)16-14(19)17(11-7-8-11)9-3-4-10-18/h1-2,5-6,11,18H,3-4,7-10H2,(H,16,19). The Morgan fingerprint density at radius 1 is 1.37 bits per heavy atom. The summed E-state index contributed by atoms with van der Waals surface area (Å²) in [6.45, 7) is 0.895. The third-order valence-electron chi connectivity index (χ3n) is 3.17. The van der Waals surface area contributed by atoms with Gasteiger partial charge in [0.25, 0.3) is 0 Å². The van der Waals surface area contributed by atoms with Gasteiger partial charge in [0.2, 0.25) is 0 Å². The number of halogens is 1. The Labute approximate surface area is 121 Å². The molecule has 1 saturated carbocycles. The van der Waals surface area contributed by atoms with E-state index in [1.54, 1.807) is 0 Å². The molecular formula is C14H19BrN2O2. The van der Waals surface area contributed by atoms with Gasteiger partial charge in [0.05, 0.1) is 5.69 Å². The highest BCUT2D eigenvalue weighted by molar-refractivity contribution is 9.10. The Hall–Kier alpha value is -1.07. The molecule has 4 nitrogen and oxygen atoms in total. The summed E-state index contributed by atoms with van der Waals surface area (Å²) in [7, 11) is 0. The average Bonchev–Trinajstić information content (AvgIpc) is 3.22. The molecule has 104 valence electrons. The number of hydrogen-bond acceptors (Lipinski definition) is 2. The Morgan fingerprint density at radius 2 is 2.11 bits per heavy atom. The van der Waals surface area contributed by atoms with Crippen molar-refractivity contribution in [2.24, 2.45) is 0 Å². The quantitative estimate of drug-likeness (QED) is 0.788. The molecule has 0 heterocycles. The first-order valence-electron chi connectivity index (χ1n) is 6.65. The molecule has 0 aliphatic heterocycles. The summed E-state index contributed by atoms with van der Waals surface area (Å²) < 4.78 is 0.884. The first-order chi connectivity index (χ1) is 9.22. The number of amides is 2. The van der Waals surface area contributed by atoms with Crippen molar-refractivity contribution in [3.63, 3.8) is 0 Å². The molecule has 0 radical (unpaired) electrons. The van der Waals surface area contributed by atoms with Crippen LogP contribution in [-0.4, -0.2) is 35.2 Å². The van der Waals surface area contributed by atoms with Crippen LogP contribution in [0, 0.1) is 0 Å². The van der Waals surface area contributed by atoms with Gasteiger partial charge in [0, 0.05) is 23.7 Å². The van der Waals surface area contributed by atoms with Crippen LogP contribution in [0.1, 0.15) is 25.7 Å². The van der Waals surface area contributed by atoms with Crippen molar-refractivity contribution in [2.75, 3.05) is 18.5 Å². The summed E-state index contributed by atoms with van der Waals surface area (Å²) in [6, 6.07) is 7.92. The molecule has 0 spiro atoms. The highest BCUT2D eigenvalue weighted by atomic mass is 79.9. The van der Waals surface area contributed by atoms with Crippen LogP contribution in [-0.2, 0) is 0 Å². The number of aliphatic hydroxyl groups is 1. The van der Waals surface area contributed by atoms with Crippen LogP contribution in [0.5, 0.6) is 0 Å². The third kappa shape index (κ3) is 4.21. The first-order valence-corrected chi connectivity index (χ1v) is 7.44. The van der Waals surface area contributed by atoms with Crippen LogP contribution >= 0.6 is 15.9 Å². The fourth-order valence-corrected chi connectivity index (χ4v) is 2.36. The lowest BCUT2D eigenvalue weighted by atomic mass is 10.3. The number of aliphatic hydroxyl groups excluding tert-OH is 1. The van der Waals surface area contributed by atoms with Crippen molar-refractivity contribution >= 4 is 27.6 Å². The largest absolute Gasteiger partial charge is 0.396 e. The van der Waals surface area contributed by atoms with Crippen LogP contribution in [0.4, 0.5) is 10.5 Å². The molecule has 2 amide bonds. The lowest BCUT2D eigenvalue weighted by molar-refractivity contribution is 0.204. The molecule has 1 fully saturated rings. The van der Waals surface area contributed by atoms with E-state index in [4.69, 9.17) is 5.11 Å². The lowest BCUT2D eigenvalue weighted by Crippen LogP contribution is -2.37. The Kier molecular flexibility index (Phi) is 5.22. The first kappa shape index (κ1) is 14.3. The summed E-state index contributed by atoms with van der Waals surface area (Å²) in [6.07, 6.45) is 3.76.